The molecule has 0 aromatic heterocycles. The molecule has 0 aromatic rings. The van der Waals surface area contributed by atoms with Crippen LogP contribution >= 0.6 is 12.2 Å². The van der Waals surface area contributed by atoms with Crippen molar-refractivity contribution in [1.82, 2.24) is 5.32 Å². The molecule has 1 aliphatic rings. The van der Waals surface area contributed by atoms with Gasteiger partial charge in [-0.1, -0.05) is 12.2 Å². The van der Waals surface area contributed by atoms with Gasteiger partial charge in [-0.05, 0) is 25.7 Å². The molecule has 0 aromatic carbocycles. The topological polar surface area (TPSA) is 64.4 Å². The highest BCUT2D eigenvalue weighted by atomic mass is 32.1. The molecule has 0 aliphatic carbocycles. The van der Waals surface area contributed by atoms with Gasteiger partial charge < -0.3 is 15.8 Å². The summed E-state index contributed by atoms with van der Waals surface area (Å²) in [5.41, 5.74) is 5.25. The molecule has 0 bridgehead atoms. The van der Waals surface area contributed by atoms with Gasteiger partial charge in [0.05, 0.1) is 17.5 Å². The molecule has 86 valence electrons. The molecule has 1 amide bonds. The third kappa shape index (κ3) is 5.69. The Morgan fingerprint density at radius 2 is 2.33 bits per heavy atom. The second-order valence-electron chi connectivity index (χ2n) is 3.77. The van der Waals surface area contributed by atoms with Crippen molar-refractivity contribution in [1.29, 1.82) is 0 Å². The number of ether oxygens (including phenoxy) is 1. The summed E-state index contributed by atoms with van der Waals surface area (Å²) in [4.78, 5) is 11.4. The first-order valence-electron chi connectivity index (χ1n) is 5.35. The lowest BCUT2D eigenvalue weighted by Crippen LogP contribution is -2.31. The van der Waals surface area contributed by atoms with Gasteiger partial charge in [0.1, 0.15) is 0 Å². The lowest BCUT2D eigenvalue weighted by molar-refractivity contribution is -0.120. The molecule has 1 unspecified atom stereocenters. The van der Waals surface area contributed by atoms with Crippen LogP contribution in [0.4, 0.5) is 0 Å². The highest BCUT2D eigenvalue weighted by molar-refractivity contribution is 7.80. The highest BCUT2D eigenvalue weighted by Crippen LogP contribution is 2.14. The number of hydrogen-bond donors (Lipinski definition) is 2. The fourth-order valence-corrected chi connectivity index (χ4v) is 1.76. The third-order valence-corrected chi connectivity index (χ3v) is 2.54. The molecule has 15 heavy (non-hydrogen) atoms. The third-order valence-electron chi connectivity index (χ3n) is 2.40. The van der Waals surface area contributed by atoms with Gasteiger partial charge in [0.25, 0.3) is 0 Å². The van der Waals surface area contributed by atoms with Crippen LogP contribution in [0.5, 0.6) is 0 Å². The fraction of sp³-hybridized carbons (Fsp3) is 0.800. The minimum Gasteiger partial charge on any atom is -0.393 e. The first kappa shape index (κ1) is 12.4. The zero-order valence-electron chi connectivity index (χ0n) is 8.83. The van der Waals surface area contributed by atoms with Crippen LogP contribution in [0, 0.1) is 0 Å². The van der Waals surface area contributed by atoms with Crippen LogP contribution in [0.2, 0.25) is 0 Å². The first-order valence-corrected chi connectivity index (χ1v) is 5.76. The molecule has 1 rings (SSSR count). The predicted octanol–water partition coefficient (Wildman–Crippen LogP) is 0.738. The number of nitrogens with one attached hydrogen (secondary N) is 1. The molecule has 0 spiro atoms. The Kier molecular flexibility index (Phi) is 5.57. The maximum Gasteiger partial charge on any atom is 0.226 e. The molecule has 0 radical (unpaired) electrons. The number of hydrogen-bond acceptors (Lipinski definition) is 3. The molecular formula is C10H18N2O2S. The van der Waals surface area contributed by atoms with E-state index in [1.54, 1.807) is 0 Å². The maximum absolute atomic E-state index is 11.2. The van der Waals surface area contributed by atoms with Gasteiger partial charge in [0.15, 0.2) is 0 Å². The fourth-order valence-electron chi connectivity index (χ4n) is 1.63. The summed E-state index contributed by atoms with van der Waals surface area (Å²) in [6.07, 6.45) is 4.81. The number of thiocarbonyl (C=S) groups is 1. The van der Waals surface area contributed by atoms with Gasteiger partial charge >= 0.3 is 0 Å². The molecule has 3 N–H and O–H groups in total. The van der Waals surface area contributed by atoms with E-state index >= 15 is 0 Å². The van der Waals surface area contributed by atoms with Crippen molar-refractivity contribution in [2.75, 3.05) is 13.2 Å². The van der Waals surface area contributed by atoms with Crippen LogP contribution in [-0.4, -0.2) is 30.2 Å². The number of nitrogens with two attached hydrogens (primary N) is 1. The summed E-state index contributed by atoms with van der Waals surface area (Å²) in [6.45, 7) is 1.50. The number of carbonyl (C=O) groups is 1. The minimum atomic E-state index is -0.0988. The van der Waals surface area contributed by atoms with Gasteiger partial charge in [-0.15, -0.1) is 0 Å². The Bertz CT molecular complexity index is 227. The lowest BCUT2D eigenvalue weighted by Gasteiger charge is -2.22. The van der Waals surface area contributed by atoms with Crippen molar-refractivity contribution in [2.24, 2.45) is 5.73 Å². The number of amides is 1. The van der Waals surface area contributed by atoms with E-state index in [1.165, 1.54) is 6.42 Å². The van der Waals surface area contributed by atoms with Gasteiger partial charge in [0.2, 0.25) is 5.91 Å². The molecule has 1 atom stereocenters. The van der Waals surface area contributed by atoms with E-state index in [2.05, 4.69) is 17.5 Å². The van der Waals surface area contributed by atoms with E-state index in [0.717, 1.165) is 25.9 Å². The molecule has 0 saturated carbocycles. The SMILES string of the molecule is NC(=S)CC(=O)NCCC1CCCCO1. The van der Waals surface area contributed by atoms with Crippen LogP contribution in [0.1, 0.15) is 32.1 Å². The average molecular weight is 230 g/mol. The second kappa shape index (κ2) is 6.74. The normalized spacial score (nSPS) is 20.9. The van der Waals surface area contributed by atoms with Gasteiger partial charge in [-0.3, -0.25) is 4.79 Å². The summed E-state index contributed by atoms with van der Waals surface area (Å²) in [7, 11) is 0. The largest absolute Gasteiger partial charge is 0.393 e. The average Bonchev–Trinajstić information content (AvgIpc) is 2.18. The Balaban J connectivity index is 2.04. The number of carbonyl (C=O) groups excluding carboxylic acids is 1. The molecule has 1 fully saturated rings. The Hall–Kier alpha value is -0.680. The molecular weight excluding hydrogens is 212 g/mol. The molecule has 1 saturated heterocycles. The Morgan fingerprint density at radius 1 is 1.53 bits per heavy atom. The summed E-state index contributed by atoms with van der Waals surface area (Å²) < 4.78 is 5.54. The monoisotopic (exact) mass is 230 g/mol. The summed E-state index contributed by atoms with van der Waals surface area (Å²) in [5, 5.41) is 2.77. The van der Waals surface area contributed by atoms with Crippen molar-refractivity contribution in [2.45, 2.75) is 38.2 Å². The summed E-state index contributed by atoms with van der Waals surface area (Å²) in [6, 6.07) is 0. The lowest BCUT2D eigenvalue weighted by atomic mass is 10.1. The van der Waals surface area contributed by atoms with Crippen LogP contribution in [0.25, 0.3) is 0 Å². The first-order chi connectivity index (χ1) is 7.18. The predicted molar refractivity (Wildman–Crippen MR) is 62.6 cm³/mol. The van der Waals surface area contributed by atoms with Crippen LogP contribution in [0.3, 0.4) is 0 Å². The van der Waals surface area contributed by atoms with Gasteiger partial charge in [0, 0.05) is 13.2 Å². The zero-order chi connectivity index (χ0) is 11.1. The van der Waals surface area contributed by atoms with E-state index in [9.17, 15) is 4.79 Å². The molecule has 5 heteroatoms. The van der Waals surface area contributed by atoms with Crippen molar-refractivity contribution < 1.29 is 9.53 Å². The summed E-state index contributed by atoms with van der Waals surface area (Å²) in [5.74, 6) is -0.0988. The van der Waals surface area contributed by atoms with E-state index < -0.39 is 0 Å². The quantitative estimate of drug-likeness (QED) is 0.684. The van der Waals surface area contributed by atoms with Crippen molar-refractivity contribution in [3.63, 3.8) is 0 Å². The van der Waals surface area contributed by atoms with Gasteiger partial charge in [-0.2, -0.15) is 0 Å². The van der Waals surface area contributed by atoms with Crippen molar-refractivity contribution in [3.05, 3.63) is 0 Å². The van der Waals surface area contributed by atoms with Crippen molar-refractivity contribution >= 4 is 23.1 Å². The Labute approximate surface area is 95.5 Å². The summed E-state index contributed by atoms with van der Waals surface area (Å²) >= 11 is 4.64. The van der Waals surface area contributed by atoms with Crippen LogP contribution in [0.15, 0.2) is 0 Å². The second-order valence-corrected chi connectivity index (χ2v) is 4.29. The Morgan fingerprint density at radius 3 is 2.93 bits per heavy atom. The molecule has 4 nitrogen and oxygen atoms in total. The number of rotatable bonds is 5. The molecule has 1 heterocycles. The van der Waals surface area contributed by atoms with Gasteiger partial charge in [-0.25, -0.2) is 0 Å². The highest BCUT2D eigenvalue weighted by Gasteiger charge is 2.13. The van der Waals surface area contributed by atoms with E-state index in [-0.39, 0.29) is 17.3 Å². The van der Waals surface area contributed by atoms with Crippen molar-refractivity contribution in [3.8, 4) is 0 Å². The minimum absolute atomic E-state index is 0.0988. The zero-order valence-corrected chi connectivity index (χ0v) is 9.65. The van der Waals surface area contributed by atoms with Crippen LogP contribution < -0.4 is 11.1 Å². The van der Waals surface area contributed by atoms with Crippen LogP contribution in [-0.2, 0) is 9.53 Å². The van der Waals surface area contributed by atoms with E-state index in [1.807, 2.05) is 0 Å². The standard InChI is InChI=1S/C10H18N2O2S/c11-9(15)7-10(13)12-5-4-8-3-1-2-6-14-8/h8H,1-7H2,(H2,11,15)(H,12,13). The maximum atomic E-state index is 11.2. The van der Waals surface area contributed by atoms with E-state index in [4.69, 9.17) is 10.5 Å². The molecule has 1 aliphatic heterocycles. The smallest absolute Gasteiger partial charge is 0.226 e. The van der Waals surface area contributed by atoms with E-state index in [0.29, 0.717) is 12.6 Å².